The van der Waals surface area contributed by atoms with Gasteiger partial charge in [0.25, 0.3) is 0 Å². The van der Waals surface area contributed by atoms with Gasteiger partial charge in [-0.25, -0.2) is 0 Å². The van der Waals surface area contributed by atoms with E-state index in [1.54, 1.807) is 0 Å². The van der Waals surface area contributed by atoms with Crippen molar-refractivity contribution in [2.24, 2.45) is 5.73 Å². The Hall–Kier alpha value is -0.380. The largest absolute Gasteiger partial charge is 0.468 e. The summed E-state index contributed by atoms with van der Waals surface area (Å²) in [4.78, 5) is 21.8. The van der Waals surface area contributed by atoms with Crippen molar-refractivity contribution in [3.63, 3.8) is 0 Å². The molecule has 0 amide bonds. The van der Waals surface area contributed by atoms with Crippen LogP contribution in [0.5, 0.6) is 5.75 Å². The Labute approximate surface area is 117 Å². The number of carbonyl (C=O) groups is 1. The molecule has 0 saturated carbocycles. The molecule has 7 nitrogen and oxygen atoms in total. The van der Waals surface area contributed by atoms with Crippen LogP contribution in [-0.4, -0.2) is 24.2 Å². The molecule has 2 atom stereocenters. The zero-order chi connectivity index (χ0) is 13.9. The Balaban J connectivity index is 0.000000258. The lowest BCUT2D eigenvalue weighted by Gasteiger charge is -2.26. The van der Waals surface area contributed by atoms with Gasteiger partial charge in [0.2, 0.25) is 0 Å². The van der Waals surface area contributed by atoms with E-state index in [1.165, 1.54) is 7.11 Å². The summed E-state index contributed by atoms with van der Waals surface area (Å²) in [5.41, 5.74) is 4.81. The van der Waals surface area contributed by atoms with Crippen LogP contribution in [0.3, 0.4) is 0 Å². The second-order valence-corrected chi connectivity index (χ2v) is 7.03. The van der Waals surface area contributed by atoms with Gasteiger partial charge in [0.05, 0.1) is 31.4 Å². The number of benzene rings is 1. The van der Waals surface area contributed by atoms with Gasteiger partial charge in [0, 0.05) is 8.88 Å². The average Bonchev–Trinajstić information content (AvgIpc) is 2.49. The first kappa shape index (κ1) is 16.7. The molecule has 2 unspecified atom stereocenters. The molecule has 0 radical (unpaired) electrons. The topological polar surface area (TPSA) is 88.8 Å². The van der Waals surface area contributed by atoms with Crippen molar-refractivity contribution < 1.29 is 14.4 Å². The molecule has 2 rings (SSSR count). The fourth-order valence-electron chi connectivity index (χ4n) is 0.932. The van der Waals surface area contributed by atoms with Crippen molar-refractivity contribution in [3.05, 3.63) is 30.3 Å². The molecule has 0 spiro atoms. The summed E-state index contributed by atoms with van der Waals surface area (Å²) in [5.74, 6) is 0.506. The third-order valence-electron chi connectivity index (χ3n) is 1.77. The zero-order valence-electron chi connectivity index (χ0n) is 10.3. The van der Waals surface area contributed by atoms with E-state index in [0.29, 0.717) is 26.6 Å². The smallest absolute Gasteiger partial charge is 0.319 e. The molecule has 19 heavy (non-hydrogen) atoms. The molecule has 0 aliphatic carbocycles. The maximum absolute atomic E-state index is 9.83. The van der Waals surface area contributed by atoms with E-state index < -0.39 is 0 Å². The van der Waals surface area contributed by atoms with Crippen LogP contribution in [0.15, 0.2) is 30.3 Å². The molecular weight excluding hydrogens is 305 g/mol. The van der Waals surface area contributed by atoms with E-state index in [9.17, 15) is 4.79 Å². The fraction of sp³-hybridized carbons (Fsp3) is 0.222. The normalized spacial score (nSPS) is 18.8. The van der Waals surface area contributed by atoms with Crippen molar-refractivity contribution in [3.8, 4) is 5.75 Å². The van der Waals surface area contributed by atoms with Gasteiger partial charge >= 0.3 is 5.97 Å². The molecule has 1 heterocycles. The average molecular weight is 322 g/mol. The second kappa shape index (κ2) is 10.4. The maximum atomic E-state index is 9.83. The summed E-state index contributed by atoms with van der Waals surface area (Å²) in [6.07, 6.45) is 0. The lowest BCUT2D eigenvalue weighted by atomic mass is 10.3. The standard InChI is InChI=1S/C6H10N3OP3.C3H7NO2/c1-2-4-6(5-3-1)10-9-12-7-11-8-13-9;1-6-3(5)2-4/h1-5,7-8,11-13H;2,4H2,1H3. The summed E-state index contributed by atoms with van der Waals surface area (Å²) in [6.45, 7) is -0.0312. The lowest BCUT2D eigenvalue weighted by molar-refractivity contribution is -0.138. The molecule has 1 saturated heterocycles. The molecule has 4 N–H and O–H groups in total. The summed E-state index contributed by atoms with van der Waals surface area (Å²) >= 11 is 0. The van der Waals surface area contributed by atoms with Gasteiger partial charge in [-0.1, -0.05) is 22.8 Å². The predicted molar refractivity (Wildman–Crippen MR) is 81.2 cm³/mol. The molecule has 1 aliphatic heterocycles. The number of rotatable bonds is 3. The summed E-state index contributed by atoms with van der Waals surface area (Å²) in [7, 11) is 3.04. The Bertz CT molecular complexity index is 359. The lowest BCUT2D eigenvalue weighted by Crippen LogP contribution is -2.19. The molecule has 1 aromatic carbocycles. The van der Waals surface area contributed by atoms with Crippen LogP contribution in [-0.2, 0) is 9.53 Å². The van der Waals surface area contributed by atoms with Gasteiger partial charge in [0.1, 0.15) is 5.75 Å². The van der Waals surface area contributed by atoms with E-state index in [-0.39, 0.29) is 12.5 Å². The molecule has 106 valence electrons. The highest BCUT2D eigenvalue weighted by Gasteiger charge is 2.10. The number of methoxy groups -OCH3 is 1. The molecular formula is C9H17N4O3P3. The van der Waals surface area contributed by atoms with Crippen LogP contribution in [0.1, 0.15) is 0 Å². The number of nitrogens with one attached hydrogen (secondary N) is 2. The van der Waals surface area contributed by atoms with Gasteiger partial charge in [-0.3, -0.25) is 14.5 Å². The van der Waals surface area contributed by atoms with Gasteiger partial charge in [0.15, 0.2) is 0 Å². The summed E-state index contributed by atoms with van der Waals surface area (Å²) in [5, 5.41) is 0. The molecule has 1 aliphatic rings. The van der Waals surface area contributed by atoms with Crippen molar-refractivity contribution >= 4 is 32.6 Å². The first-order chi connectivity index (χ1) is 9.26. The Kier molecular flexibility index (Phi) is 9.14. The minimum atomic E-state index is -0.380. The number of carbonyl (C=O) groups excluding carboxylic acids is 1. The van der Waals surface area contributed by atoms with E-state index in [1.807, 2.05) is 34.9 Å². The van der Waals surface area contributed by atoms with Crippen LogP contribution < -0.4 is 20.3 Å². The molecule has 1 fully saturated rings. The first-order valence-corrected chi connectivity index (χ1v) is 8.22. The van der Waals surface area contributed by atoms with Crippen LogP contribution in [0, 0.1) is 0 Å². The monoisotopic (exact) mass is 322 g/mol. The van der Waals surface area contributed by atoms with E-state index >= 15 is 0 Å². The van der Waals surface area contributed by atoms with E-state index in [4.69, 9.17) is 10.6 Å². The number of ether oxygens (including phenoxy) is 1. The van der Waals surface area contributed by atoms with Gasteiger partial charge in [-0.2, -0.15) is 0 Å². The quantitative estimate of drug-likeness (QED) is 0.567. The highest BCUT2D eigenvalue weighted by Crippen LogP contribution is 2.37. The Morgan fingerprint density at radius 1 is 1.32 bits per heavy atom. The molecule has 1 aromatic rings. The highest BCUT2D eigenvalue weighted by molar-refractivity contribution is 7.65. The fourth-order valence-corrected chi connectivity index (χ4v) is 4.54. The third kappa shape index (κ3) is 7.71. The Morgan fingerprint density at radius 3 is 2.42 bits per heavy atom. The molecule has 0 bridgehead atoms. The van der Waals surface area contributed by atoms with Crippen molar-refractivity contribution in [2.75, 3.05) is 13.7 Å². The number of nitrogens with zero attached hydrogens (tertiary/aromatic N) is 1. The van der Waals surface area contributed by atoms with Crippen LogP contribution in [0.2, 0.25) is 0 Å². The van der Waals surface area contributed by atoms with Crippen LogP contribution in [0.4, 0.5) is 0 Å². The minimum absolute atomic E-state index is 0.0312. The number of hydrogen-bond donors (Lipinski definition) is 3. The molecule has 0 aromatic heterocycles. The number of hydrogen-bond acceptors (Lipinski definition) is 7. The SMILES string of the molecule is COC(=O)CN.c1ccc(ON2PNPNP2)cc1. The minimum Gasteiger partial charge on any atom is -0.468 e. The zero-order valence-corrected chi connectivity index (χ0v) is 13.3. The van der Waals surface area contributed by atoms with Gasteiger partial charge in [-0.05, 0) is 12.1 Å². The number of esters is 1. The van der Waals surface area contributed by atoms with Crippen molar-refractivity contribution in [2.45, 2.75) is 0 Å². The van der Waals surface area contributed by atoms with Gasteiger partial charge < -0.3 is 15.3 Å². The van der Waals surface area contributed by atoms with E-state index in [2.05, 4.69) is 14.5 Å². The highest BCUT2D eigenvalue weighted by atomic mass is 31.2. The third-order valence-corrected chi connectivity index (χ3v) is 4.93. The summed E-state index contributed by atoms with van der Waals surface area (Å²) < 4.78 is 6.03. The van der Waals surface area contributed by atoms with Crippen LogP contribution >= 0.6 is 26.6 Å². The maximum Gasteiger partial charge on any atom is 0.319 e. The Morgan fingerprint density at radius 2 is 1.95 bits per heavy atom. The molecule has 10 heteroatoms. The van der Waals surface area contributed by atoms with E-state index in [0.717, 1.165) is 5.75 Å². The number of nitrogens with two attached hydrogens (primary N) is 1. The van der Waals surface area contributed by atoms with Crippen molar-refractivity contribution in [1.29, 1.82) is 0 Å². The van der Waals surface area contributed by atoms with Gasteiger partial charge in [-0.15, -0.1) is 0 Å². The van der Waals surface area contributed by atoms with Crippen molar-refractivity contribution in [1.82, 2.24) is 14.3 Å². The first-order valence-electron chi connectivity index (χ1n) is 5.32. The number of para-hydroxylation sites is 1. The van der Waals surface area contributed by atoms with Crippen LogP contribution in [0.25, 0.3) is 0 Å². The second-order valence-electron chi connectivity index (χ2n) is 3.08. The predicted octanol–water partition coefficient (Wildman–Crippen LogP) is 1.12. The summed E-state index contributed by atoms with van der Waals surface area (Å²) in [6, 6.07) is 9.81.